The molecule has 3 atom stereocenters. The van der Waals surface area contributed by atoms with Crippen molar-refractivity contribution in [3.05, 3.63) is 48.7 Å². The molecule has 1 saturated heterocycles. The molecule has 3 rings (SSSR count). The van der Waals surface area contributed by atoms with Gasteiger partial charge >= 0.3 is 0 Å². The van der Waals surface area contributed by atoms with E-state index < -0.39 is 23.9 Å². The number of hydrogen-bond acceptors (Lipinski definition) is 4. The van der Waals surface area contributed by atoms with Crippen LogP contribution in [0.25, 0.3) is 10.9 Å². The number of carbonyl (C=O) groups excluding carboxylic acids is 4. The van der Waals surface area contributed by atoms with Crippen molar-refractivity contribution < 1.29 is 19.2 Å². The van der Waals surface area contributed by atoms with Crippen LogP contribution in [-0.4, -0.2) is 47.1 Å². The number of H-pyrrole nitrogens is 1. The molecule has 0 radical (unpaired) electrons. The molecule has 32 heavy (non-hydrogen) atoms. The summed E-state index contributed by atoms with van der Waals surface area (Å²) in [4.78, 5) is 53.3. The third kappa shape index (κ3) is 5.63. The fourth-order valence-corrected chi connectivity index (χ4v) is 3.95. The molecule has 0 aliphatic carbocycles. The first kappa shape index (κ1) is 23.2. The summed E-state index contributed by atoms with van der Waals surface area (Å²) in [6.07, 6.45) is 2.37. The van der Waals surface area contributed by atoms with Crippen LogP contribution in [0.15, 0.2) is 43.0 Å². The maximum Gasteiger partial charge on any atom is 0.268 e. The van der Waals surface area contributed by atoms with Crippen molar-refractivity contribution in [1.29, 1.82) is 0 Å². The van der Waals surface area contributed by atoms with Crippen molar-refractivity contribution in [2.45, 2.75) is 45.2 Å². The normalized spacial score (nSPS) is 17.6. The van der Waals surface area contributed by atoms with Gasteiger partial charge in [0.25, 0.3) is 5.91 Å². The van der Waals surface area contributed by atoms with Crippen molar-refractivity contribution in [1.82, 2.24) is 20.9 Å². The van der Waals surface area contributed by atoms with Gasteiger partial charge in [-0.15, -0.1) is 0 Å². The van der Waals surface area contributed by atoms with Gasteiger partial charge in [-0.3, -0.25) is 19.2 Å². The lowest BCUT2D eigenvalue weighted by molar-refractivity contribution is -0.129. The number of aromatic nitrogens is 1. The van der Waals surface area contributed by atoms with Gasteiger partial charge in [-0.2, -0.15) is 0 Å². The van der Waals surface area contributed by atoms with E-state index in [1.54, 1.807) is 6.07 Å². The number of rotatable bonds is 10. The van der Waals surface area contributed by atoms with Gasteiger partial charge in [-0.1, -0.05) is 38.6 Å². The maximum absolute atomic E-state index is 13.1. The third-order valence-electron chi connectivity index (χ3n) is 5.65. The highest BCUT2D eigenvalue weighted by Crippen LogP contribution is 2.18. The molecular weight excluding hydrogens is 408 g/mol. The number of fused-ring (bicyclic) bond motifs is 1. The lowest BCUT2D eigenvalue weighted by Gasteiger charge is -2.24. The molecule has 4 N–H and O–H groups in total. The number of ketones is 1. The van der Waals surface area contributed by atoms with E-state index in [4.69, 9.17) is 0 Å². The summed E-state index contributed by atoms with van der Waals surface area (Å²) in [5.41, 5.74) is 1.18. The SMILES string of the molecule is C=CC(=O)[C@H](C[C@@H]1CCNC1=O)NC(=O)[C@H](CC(C)C)NC(=O)c1cc2ccccc2[nH]1. The minimum absolute atomic E-state index is 0.119. The van der Waals surface area contributed by atoms with Crippen molar-refractivity contribution >= 4 is 34.4 Å². The molecule has 3 amide bonds. The second-order valence-electron chi connectivity index (χ2n) is 8.61. The Bertz CT molecular complexity index is 993. The number of aromatic amines is 1. The number of para-hydroxylation sites is 1. The van der Waals surface area contributed by atoms with Gasteiger partial charge in [0, 0.05) is 23.4 Å². The first-order chi connectivity index (χ1) is 15.3. The van der Waals surface area contributed by atoms with Gasteiger partial charge in [-0.05, 0) is 43.4 Å². The van der Waals surface area contributed by atoms with Crippen LogP contribution in [0.3, 0.4) is 0 Å². The Morgan fingerprint density at radius 1 is 1.19 bits per heavy atom. The molecule has 0 bridgehead atoms. The van der Waals surface area contributed by atoms with Gasteiger partial charge in [0.2, 0.25) is 11.8 Å². The van der Waals surface area contributed by atoms with Crippen LogP contribution in [0.2, 0.25) is 0 Å². The summed E-state index contributed by atoms with van der Waals surface area (Å²) in [5.74, 6) is -1.54. The number of carbonyl (C=O) groups is 4. The van der Waals surface area contributed by atoms with E-state index in [-0.39, 0.29) is 29.9 Å². The van der Waals surface area contributed by atoms with Crippen LogP contribution in [0, 0.1) is 11.8 Å². The Morgan fingerprint density at radius 3 is 2.56 bits per heavy atom. The molecule has 1 aromatic carbocycles. The van der Waals surface area contributed by atoms with E-state index in [2.05, 4.69) is 27.5 Å². The summed E-state index contributed by atoms with van der Waals surface area (Å²) >= 11 is 0. The smallest absolute Gasteiger partial charge is 0.268 e. The summed E-state index contributed by atoms with van der Waals surface area (Å²) < 4.78 is 0. The van der Waals surface area contributed by atoms with Crippen LogP contribution in [-0.2, 0) is 14.4 Å². The number of benzene rings is 1. The molecular formula is C24H30N4O4. The van der Waals surface area contributed by atoms with E-state index in [1.807, 2.05) is 38.1 Å². The zero-order chi connectivity index (χ0) is 23.3. The maximum atomic E-state index is 13.1. The van der Waals surface area contributed by atoms with Crippen molar-refractivity contribution in [2.24, 2.45) is 11.8 Å². The molecule has 1 aliphatic heterocycles. The van der Waals surface area contributed by atoms with Gasteiger partial charge in [0.1, 0.15) is 11.7 Å². The molecule has 0 saturated carbocycles. The average Bonchev–Trinajstić information content (AvgIpc) is 3.37. The Balaban J connectivity index is 1.73. The van der Waals surface area contributed by atoms with E-state index >= 15 is 0 Å². The van der Waals surface area contributed by atoms with E-state index in [0.717, 1.165) is 17.0 Å². The number of amides is 3. The monoisotopic (exact) mass is 438 g/mol. The minimum atomic E-state index is -0.867. The number of nitrogens with one attached hydrogen (secondary N) is 4. The molecule has 1 aliphatic rings. The second kappa shape index (κ2) is 10.3. The quantitative estimate of drug-likeness (QED) is 0.425. The highest BCUT2D eigenvalue weighted by Gasteiger charge is 2.32. The first-order valence-electron chi connectivity index (χ1n) is 10.9. The van der Waals surface area contributed by atoms with Crippen LogP contribution in [0.5, 0.6) is 0 Å². The van der Waals surface area contributed by atoms with Crippen molar-refractivity contribution in [3.8, 4) is 0 Å². The fourth-order valence-electron chi connectivity index (χ4n) is 3.95. The summed E-state index contributed by atoms with van der Waals surface area (Å²) in [6, 6.07) is 7.56. The molecule has 1 aromatic heterocycles. The molecule has 8 heteroatoms. The van der Waals surface area contributed by atoms with Crippen LogP contribution in [0.1, 0.15) is 43.6 Å². The van der Waals surface area contributed by atoms with Crippen LogP contribution >= 0.6 is 0 Å². The predicted molar refractivity (Wildman–Crippen MR) is 122 cm³/mol. The van der Waals surface area contributed by atoms with Crippen LogP contribution < -0.4 is 16.0 Å². The molecule has 2 aromatic rings. The number of hydrogen-bond donors (Lipinski definition) is 4. The molecule has 2 heterocycles. The fraction of sp³-hybridized carbons (Fsp3) is 0.417. The van der Waals surface area contributed by atoms with Gasteiger partial charge in [0.05, 0.1) is 6.04 Å². The predicted octanol–water partition coefficient (Wildman–Crippen LogP) is 2.08. The molecule has 8 nitrogen and oxygen atoms in total. The molecule has 1 fully saturated rings. The van der Waals surface area contributed by atoms with Gasteiger partial charge in [-0.25, -0.2) is 0 Å². The van der Waals surface area contributed by atoms with E-state index in [9.17, 15) is 19.2 Å². The van der Waals surface area contributed by atoms with Gasteiger partial charge < -0.3 is 20.9 Å². The zero-order valence-electron chi connectivity index (χ0n) is 18.4. The molecule has 0 spiro atoms. The third-order valence-corrected chi connectivity index (χ3v) is 5.65. The van der Waals surface area contributed by atoms with E-state index in [1.165, 1.54) is 0 Å². The average molecular weight is 439 g/mol. The van der Waals surface area contributed by atoms with Crippen molar-refractivity contribution in [3.63, 3.8) is 0 Å². The highest BCUT2D eigenvalue weighted by molar-refractivity contribution is 6.01. The van der Waals surface area contributed by atoms with Crippen LogP contribution in [0.4, 0.5) is 0 Å². The standard InChI is InChI=1S/C24H30N4O4/c1-4-21(29)18(13-16-9-10-25-22(16)30)27-23(31)19(11-14(2)3)28-24(32)20-12-15-7-5-6-8-17(15)26-20/h4-8,12,14,16,18-19,26H,1,9-11,13H2,2-3H3,(H,25,30)(H,27,31)(H,28,32)/t16-,18-,19-/m0/s1. The Kier molecular flexibility index (Phi) is 7.45. The second-order valence-corrected chi connectivity index (χ2v) is 8.61. The summed E-state index contributed by atoms with van der Waals surface area (Å²) in [7, 11) is 0. The van der Waals surface area contributed by atoms with Crippen molar-refractivity contribution in [2.75, 3.05) is 6.54 Å². The lowest BCUT2D eigenvalue weighted by Crippen LogP contribution is -2.52. The topological polar surface area (TPSA) is 120 Å². The van der Waals surface area contributed by atoms with Gasteiger partial charge in [0.15, 0.2) is 5.78 Å². The minimum Gasteiger partial charge on any atom is -0.356 e. The summed E-state index contributed by atoms with van der Waals surface area (Å²) in [5, 5.41) is 9.17. The largest absolute Gasteiger partial charge is 0.356 e. The Labute approximate surface area is 187 Å². The summed E-state index contributed by atoms with van der Waals surface area (Å²) in [6.45, 7) is 7.97. The molecule has 170 valence electrons. The molecule has 0 unspecified atom stereocenters. The lowest BCUT2D eigenvalue weighted by atomic mass is 9.95. The Hall–Kier alpha value is -3.42. The highest BCUT2D eigenvalue weighted by atomic mass is 16.2. The van der Waals surface area contributed by atoms with E-state index in [0.29, 0.717) is 25.1 Å². The Morgan fingerprint density at radius 2 is 1.94 bits per heavy atom. The zero-order valence-corrected chi connectivity index (χ0v) is 18.4. The first-order valence-corrected chi connectivity index (χ1v) is 10.9.